The molecule has 0 unspecified atom stereocenters. The quantitative estimate of drug-likeness (QED) is 0.384. The Morgan fingerprint density at radius 2 is 1.39 bits per heavy atom. The lowest BCUT2D eigenvalue weighted by atomic mass is 10.00. The Morgan fingerprint density at radius 1 is 0.957 bits per heavy atom. The van der Waals surface area contributed by atoms with Gasteiger partial charge in [0, 0.05) is 0 Å². The molecule has 0 N–H and O–H groups in total. The summed E-state index contributed by atoms with van der Waals surface area (Å²) >= 11 is 23.9. The van der Waals surface area contributed by atoms with Gasteiger partial charge in [-0.2, -0.15) is 0 Å². The summed E-state index contributed by atoms with van der Waals surface area (Å²) in [6.45, 7) is 3.61. The molecule has 0 atom stereocenters. The largest absolute Gasteiger partial charge is 0.465 e. The highest BCUT2D eigenvalue weighted by atomic mass is 35.5. The summed E-state index contributed by atoms with van der Waals surface area (Å²) in [5.74, 6) is -2.40. The lowest BCUT2D eigenvalue weighted by molar-refractivity contribution is -0.161. The van der Waals surface area contributed by atoms with E-state index in [1.54, 1.807) is 13.8 Å². The fourth-order valence-electron chi connectivity index (χ4n) is 1.86. The molecule has 0 saturated carbocycles. The molecule has 9 heteroatoms. The van der Waals surface area contributed by atoms with Gasteiger partial charge in [0.25, 0.3) is 0 Å². The van der Waals surface area contributed by atoms with Crippen LogP contribution in [-0.2, 0) is 25.5 Å². The summed E-state index contributed by atoms with van der Waals surface area (Å²) in [6.07, 6.45) is 0.274. The number of aromatic nitrogens is 1. The smallest absolute Gasteiger partial charge is 0.320 e. The maximum Gasteiger partial charge on any atom is 0.320 e. The number of hydrogen-bond acceptors (Lipinski definition) is 5. The number of hydrogen-bond donors (Lipinski definition) is 0. The number of nitrogens with zero attached hydrogens (tertiary/aromatic N) is 1. The van der Waals surface area contributed by atoms with Crippen LogP contribution >= 0.6 is 46.4 Å². The van der Waals surface area contributed by atoms with Gasteiger partial charge >= 0.3 is 11.9 Å². The second-order valence-electron chi connectivity index (χ2n) is 4.40. The molecular formula is C14H15Cl4NO4. The molecule has 1 heterocycles. The van der Waals surface area contributed by atoms with E-state index in [-0.39, 0.29) is 46.4 Å². The average molecular weight is 403 g/mol. The molecule has 0 aliphatic carbocycles. The standard InChI is InChI=1S/C14H15Cl4NO4/c1-3-22-13(20)8(14(21)23-4-2)6-5-7-9(15)11(17)19-12(18)10(7)16/h8H,3-6H2,1-2H3. The molecule has 0 amide bonds. The zero-order chi connectivity index (χ0) is 17.6. The monoisotopic (exact) mass is 401 g/mol. The Labute approximate surface area is 154 Å². The van der Waals surface area contributed by atoms with E-state index in [1.165, 1.54) is 0 Å². The SMILES string of the molecule is CCOC(=O)C(CCc1c(Cl)c(Cl)nc(Cl)c1Cl)C(=O)OCC. The van der Waals surface area contributed by atoms with Crippen LogP contribution in [0.1, 0.15) is 25.8 Å². The van der Waals surface area contributed by atoms with Gasteiger partial charge in [-0.15, -0.1) is 0 Å². The normalized spacial score (nSPS) is 10.7. The van der Waals surface area contributed by atoms with Crippen molar-refractivity contribution in [3.05, 3.63) is 25.9 Å². The Morgan fingerprint density at radius 3 is 1.78 bits per heavy atom. The Bertz CT molecular complexity index is 550. The fraction of sp³-hybridized carbons (Fsp3) is 0.500. The molecular weight excluding hydrogens is 388 g/mol. The molecule has 0 aliphatic heterocycles. The van der Waals surface area contributed by atoms with Gasteiger partial charge in [-0.3, -0.25) is 9.59 Å². The van der Waals surface area contributed by atoms with Crippen LogP contribution in [0.25, 0.3) is 0 Å². The van der Waals surface area contributed by atoms with E-state index in [0.29, 0.717) is 5.56 Å². The molecule has 0 fully saturated rings. The molecule has 0 aliphatic rings. The van der Waals surface area contributed by atoms with Gasteiger partial charge in [-0.05, 0) is 32.3 Å². The molecule has 0 radical (unpaired) electrons. The van der Waals surface area contributed by atoms with E-state index >= 15 is 0 Å². The minimum Gasteiger partial charge on any atom is -0.465 e. The van der Waals surface area contributed by atoms with Crippen LogP contribution < -0.4 is 0 Å². The van der Waals surface area contributed by atoms with Gasteiger partial charge in [0.05, 0.1) is 23.3 Å². The Hall–Kier alpha value is -0.750. The number of esters is 2. The Balaban J connectivity index is 2.99. The van der Waals surface area contributed by atoms with Crippen LogP contribution in [0.2, 0.25) is 20.4 Å². The molecule has 0 bridgehead atoms. The van der Waals surface area contributed by atoms with Crippen LogP contribution in [-0.4, -0.2) is 30.1 Å². The predicted molar refractivity (Wildman–Crippen MR) is 89.4 cm³/mol. The second-order valence-corrected chi connectivity index (χ2v) is 5.87. The van der Waals surface area contributed by atoms with Gasteiger partial charge in [-0.25, -0.2) is 4.98 Å². The molecule has 1 aromatic heterocycles. The summed E-state index contributed by atoms with van der Waals surface area (Å²) in [5, 5.41) is 0.264. The first-order valence-electron chi connectivity index (χ1n) is 6.85. The summed E-state index contributed by atoms with van der Waals surface area (Å²) in [4.78, 5) is 27.6. The van der Waals surface area contributed by atoms with Crippen molar-refractivity contribution in [2.45, 2.75) is 26.7 Å². The van der Waals surface area contributed by atoms with E-state index in [0.717, 1.165) is 0 Å². The van der Waals surface area contributed by atoms with Gasteiger partial charge in [0.15, 0.2) is 5.92 Å². The van der Waals surface area contributed by atoms with Gasteiger partial charge < -0.3 is 9.47 Å². The number of carbonyl (C=O) groups is 2. The van der Waals surface area contributed by atoms with Gasteiger partial charge in [-0.1, -0.05) is 46.4 Å². The van der Waals surface area contributed by atoms with Crippen molar-refractivity contribution >= 4 is 58.3 Å². The molecule has 128 valence electrons. The maximum absolute atomic E-state index is 11.9. The van der Waals surface area contributed by atoms with Crippen molar-refractivity contribution in [2.75, 3.05) is 13.2 Å². The van der Waals surface area contributed by atoms with Crippen LogP contribution in [0.15, 0.2) is 0 Å². The summed E-state index contributed by atoms with van der Waals surface area (Å²) in [5.41, 5.74) is 0.414. The molecule has 1 rings (SSSR count). The second kappa shape index (κ2) is 9.52. The van der Waals surface area contributed by atoms with Crippen molar-refractivity contribution in [3.8, 4) is 0 Å². The molecule has 23 heavy (non-hydrogen) atoms. The third-order valence-corrected chi connectivity index (χ3v) is 4.47. The molecule has 1 aromatic rings. The summed E-state index contributed by atoms with van der Waals surface area (Å²) in [6, 6.07) is 0. The lowest BCUT2D eigenvalue weighted by Gasteiger charge is -2.15. The molecule has 0 saturated heterocycles. The van der Waals surface area contributed by atoms with Crippen molar-refractivity contribution in [3.63, 3.8) is 0 Å². The lowest BCUT2D eigenvalue weighted by Crippen LogP contribution is -2.28. The number of pyridine rings is 1. The summed E-state index contributed by atoms with van der Waals surface area (Å²) in [7, 11) is 0. The number of halogens is 4. The van der Waals surface area contributed by atoms with Crippen LogP contribution in [0.3, 0.4) is 0 Å². The van der Waals surface area contributed by atoms with Crippen molar-refractivity contribution < 1.29 is 19.1 Å². The zero-order valence-electron chi connectivity index (χ0n) is 12.5. The van der Waals surface area contributed by atoms with E-state index in [2.05, 4.69) is 4.98 Å². The minimum atomic E-state index is -1.08. The first kappa shape index (κ1) is 20.3. The van der Waals surface area contributed by atoms with Crippen molar-refractivity contribution in [1.29, 1.82) is 0 Å². The van der Waals surface area contributed by atoms with Crippen molar-refractivity contribution in [2.24, 2.45) is 5.92 Å². The zero-order valence-corrected chi connectivity index (χ0v) is 15.5. The van der Waals surface area contributed by atoms with Crippen LogP contribution in [0.4, 0.5) is 0 Å². The highest BCUT2D eigenvalue weighted by molar-refractivity contribution is 6.46. The topological polar surface area (TPSA) is 65.5 Å². The van der Waals surface area contributed by atoms with E-state index in [9.17, 15) is 9.59 Å². The first-order valence-corrected chi connectivity index (χ1v) is 8.36. The van der Waals surface area contributed by atoms with Crippen LogP contribution in [0.5, 0.6) is 0 Å². The fourth-order valence-corrected chi connectivity index (χ4v) is 2.81. The minimum absolute atomic E-state index is 0.000105. The summed E-state index contributed by atoms with van der Waals surface area (Å²) < 4.78 is 9.80. The highest BCUT2D eigenvalue weighted by Gasteiger charge is 2.30. The van der Waals surface area contributed by atoms with E-state index in [4.69, 9.17) is 55.9 Å². The van der Waals surface area contributed by atoms with Crippen LogP contribution in [0, 0.1) is 5.92 Å². The van der Waals surface area contributed by atoms with Gasteiger partial charge in [0.2, 0.25) is 0 Å². The third kappa shape index (κ3) is 5.38. The number of rotatable bonds is 7. The van der Waals surface area contributed by atoms with Crippen molar-refractivity contribution in [1.82, 2.24) is 4.98 Å². The predicted octanol–water partition coefficient (Wildman–Crippen LogP) is 4.37. The number of ether oxygens (including phenoxy) is 2. The first-order chi connectivity index (χ1) is 10.8. The molecule has 0 spiro atoms. The molecule has 0 aromatic carbocycles. The maximum atomic E-state index is 11.9. The average Bonchev–Trinajstić information content (AvgIpc) is 2.49. The third-order valence-electron chi connectivity index (χ3n) is 2.91. The Kier molecular flexibility index (Phi) is 8.40. The van der Waals surface area contributed by atoms with E-state index in [1.807, 2.05) is 0 Å². The molecule has 5 nitrogen and oxygen atoms in total. The number of carbonyl (C=O) groups excluding carboxylic acids is 2. The highest BCUT2D eigenvalue weighted by Crippen LogP contribution is 2.35. The van der Waals surface area contributed by atoms with Gasteiger partial charge in [0.1, 0.15) is 10.3 Å². The van der Waals surface area contributed by atoms with E-state index < -0.39 is 17.9 Å².